The van der Waals surface area contributed by atoms with Gasteiger partial charge >= 0.3 is 0 Å². The summed E-state index contributed by atoms with van der Waals surface area (Å²) in [5.41, 5.74) is 1.30. The van der Waals surface area contributed by atoms with Crippen molar-refractivity contribution in [1.82, 2.24) is 19.6 Å². The van der Waals surface area contributed by atoms with Crippen molar-refractivity contribution in [3.05, 3.63) is 53.1 Å². The Hall–Kier alpha value is -2.59. The quantitative estimate of drug-likeness (QED) is 0.696. The molecule has 1 aromatic carbocycles. The van der Waals surface area contributed by atoms with Gasteiger partial charge in [0, 0.05) is 45.3 Å². The van der Waals surface area contributed by atoms with Gasteiger partial charge in [-0.2, -0.15) is 0 Å². The average Bonchev–Trinajstić information content (AvgIpc) is 3.17. The van der Waals surface area contributed by atoms with Crippen LogP contribution in [0.25, 0.3) is 0 Å². The first kappa shape index (κ1) is 23.1. The van der Waals surface area contributed by atoms with E-state index in [-0.39, 0.29) is 30.2 Å². The molecule has 1 saturated heterocycles. The first-order chi connectivity index (χ1) is 14.6. The smallest absolute Gasteiger partial charge is 0.254 e. The highest BCUT2D eigenvalue weighted by molar-refractivity contribution is 7.88. The molecule has 168 valence electrons. The summed E-state index contributed by atoms with van der Waals surface area (Å²) >= 11 is 0. The van der Waals surface area contributed by atoms with Crippen LogP contribution in [0.2, 0.25) is 0 Å². The SMILES string of the molecule is CC(C)NC(=O)c1cnc(N(C)C)nc1C1CCN(S(=O)(=O)Cc2cccc(F)c2)C1. The van der Waals surface area contributed by atoms with Gasteiger partial charge in [0.15, 0.2) is 0 Å². The molecule has 1 fully saturated rings. The Morgan fingerprint density at radius 2 is 2.10 bits per heavy atom. The Morgan fingerprint density at radius 1 is 1.35 bits per heavy atom. The van der Waals surface area contributed by atoms with Crippen molar-refractivity contribution in [3.8, 4) is 0 Å². The van der Waals surface area contributed by atoms with E-state index in [2.05, 4.69) is 15.3 Å². The van der Waals surface area contributed by atoms with E-state index < -0.39 is 15.8 Å². The van der Waals surface area contributed by atoms with Crippen molar-refractivity contribution in [2.75, 3.05) is 32.1 Å². The summed E-state index contributed by atoms with van der Waals surface area (Å²) in [6.45, 7) is 4.25. The Bertz CT molecular complexity index is 1060. The predicted molar refractivity (Wildman–Crippen MR) is 117 cm³/mol. The van der Waals surface area contributed by atoms with E-state index in [0.717, 1.165) is 0 Å². The lowest BCUT2D eigenvalue weighted by Crippen LogP contribution is -2.33. The molecule has 1 atom stereocenters. The number of carbonyl (C=O) groups is 1. The second-order valence-electron chi connectivity index (χ2n) is 8.22. The minimum Gasteiger partial charge on any atom is -0.350 e. The molecule has 1 aliphatic heterocycles. The van der Waals surface area contributed by atoms with Gasteiger partial charge in [-0.25, -0.2) is 27.1 Å². The molecule has 0 radical (unpaired) electrons. The molecule has 1 unspecified atom stereocenters. The first-order valence-corrected chi connectivity index (χ1v) is 11.7. The van der Waals surface area contributed by atoms with E-state index in [0.29, 0.717) is 35.7 Å². The number of hydrogen-bond donors (Lipinski definition) is 1. The molecule has 1 N–H and O–H groups in total. The monoisotopic (exact) mass is 449 g/mol. The van der Waals surface area contributed by atoms with Crippen LogP contribution in [0.5, 0.6) is 0 Å². The van der Waals surface area contributed by atoms with E-state index in [9.17, 15) is 17.6 Å². The number of carbonyl (C=O) groups excluding carboxylic acids is 1. The lowest BCUT2D eigenvalue weighted by Gasteiger charge is -2.19. The lowest BCUT2D eigenvalue weighted by atomic mass is 9.99. The van der Waals surface area contributed by atoms with Gasteiger partial charge in [0.05, 0.1) is 17.0 Å². The summed E-state index contributed by atoms with van der Waals surface area (Å²) in [5, 5.41) is 2.85. The Morgan fingerprint density at radius 3 is 2.74 bits per heavy atom. The maximum absolute atomic E-state index is 13.5. The van der Waals surface area contributed by atoms with Crippen LogP contribution in [-0.2, 0) is 15.8 Å². The fourth-order valence-electron chi connectivity index (χ4n) is 3.56. The van der Waals surface area contributed by atoms with Gasteiger partial charge in [0.1, 0.15) is 5.82 Å². The van der Waals surface area contributed by atoms with Crippen molar-refractivity contribution in [2.45, 2.75) is 38.0 Å². The Kier molecular flexibility index (Phi) is 6.90. The molecular formula is C21H28FN5O3S. The molecule has 0 saturated carbocycles. The van der Waals surface area contributed by atoms with Crippen LogP contribution in [-0.4, -0.2) is 61.8 Å². The van der Waals surface area contributed by atoms with Crippen LogP contribution < -0.4 is 10.2 Å². The topological polar surface area (TPSA) is 95.5 Å². The summed E-state index contributed by atoms with van der Waals surface area (Å²) in [7, 11) is -0.0311. The summed E-state index contributed by atoms with van der Waals surface area (Å²) in [6.07, 6.45) is 2.04. The molecule has 0 spiro atoms. The largest absolute Gasteiger partial charge is 0.350 e. The highest BCUT2D eigenvalue weighted by Crippen LogP contribution is 2.31. The third-order valence-corrected chi connectivity index (χ3v) is 6.86. The lowest BCUT2D eigenvalue weighted by molar-refractivity contribution is 0.0941. The molecule has 2 heterocycles. The number of nitrogens with zero attached hydrogens (tertiary/aromatic N) is 4. The van der Waals surface area contributed by atoms with Crippen LogP contribution in [0.3, 0.4) is 0 Å². The van der Waals surface area contributed by atoms with Crippen molar-refractivity contribution in [3.63, 3.8) is 0 Å². The van der Waals surface area contributed by atoms with Gasteiger partial charge < -0.3 is 10.2 Å². The molecule has 10 heteroatoms. The molecule has 31 heavy (non-hydrogen) atoms. The van der Waals surface area contributed by atoms with E-state index in [1.165, 1.54) is 28.7 Å². The molecule has 3 rings (SSSR count). The number of nitrogens with one attached hydrogen (secondary N) is 1. The summed E-state index contributed by atoms with van der Waals surface area (Å²) in [4.78, 5) is 23.3. The highest BCUT2D eigenvalue weighted by Gasteiger charge is 2.35. The van der Waals surface area contributed by atoms with Crippen molar-refractivity contribution in [2.24, 2.45) is 0 Å². The Balaban J connectivity index is 1.85. The maximum atomic E-state index is 13.5. The van der Waals surface area contributed by atoms with Crippen molar-refractivity contribution in [1.29, 1.82) is 0 Å². The predicted octanol–water partition coefficient (Wildman–Crippen LogP) is 2.14. The van der Waals surface area contributed by atoms with Gasteiger partial charge in [0.25, 0.3) is 5.91 Å². The highest BCUT2D eigenvalue weighted by atomic mass is 32.2. The number of aromatic nitrogens is 2. The number of anilines is 1. The number of hydrogen-bond acceptors (Lipinski definition) is 6. The van der Waals surface area contributed by atoms with Crippen LogP contribution in [0, 0.1) is 5.82 Å². The molecule has 1 amide bonds. The van der Waals surface area contributed by atoms with Gasteiger partial charge in [-0.05, 0) is 38.0 Å². The minimum atomic E-state index is -3.64. The molecule has 0 aliphatic carbocycles. The van der Waals surface area contributed by atoms with Crippen molar-refractivity contribution < 1.29 is 17.6 Å². The molecule has 2 aromatic rings. The van der Waals surface area contributed by atoms with Crippen LogP contribution in [0.1, 0.15) is 47.8 Å². The van der Waals surface area contributed by atoms with Crippen molar-refractivity contribution >= 4 is 21.9 Å². The normalized spacial score (nSPS) is 17.2. The summed E-state index contributed by atoms with van der Waals surface area (Å²) in [6, 6.07) is 5.55. The zero-order valence-electron chi connectivity index (χ0n) is 18.2. The van der Waals surface area contributed by atoms with Gasteiger partial charge in [0.2, 0.25) is 16.0 Å². The zero-order valence-corrected chi connectivity index (χ0v) is 19.0. The summed E-state index contributed by atoms with van der Waals surface area (Å²) < 4.78 is 40.7. The van der Waals surface area contributed by atoms with Gasteiger partial charge in [-0.1, -0.05) is 12.1 Å². The summed E-state index contributed by atoms with van der Waals surface area (Å²) in [5.74, 6) is -0.805. The maximum Gasteiger partial charge on any atom is 0.254 e. The minimum absolute atomic E-state index is 0.0550. The van der Waals surface area contributed by atoms with E-state index in [1.807, 2.05) is 13.8 Å². The number of halogens is 1. The van der Waals surface area contributed by atoms with Gasteiger partial charge in [-0.15, -0.1) is 0 Å². The van der Waals surface area contributed by atoms with Crippen LogP contribution in [0.15, 0.2) is 30.5 Å². The molecule has 1 aromatic heterocycles. The first-order valence-electron chi connectivity index (χ1n) is 10.1. The Labute approximate surface area is 182 Å². The number of amides is 1. The molecule has 1 aliphatic rings. The molecular weight excluding hydrogens is 421 g/mol. The van der Waals surface area contributed by atoms with E-state index in [1.54, 1.807) is 25.1 Å². The average molecular weight is 450 g/mol. The number of rotatable bonds is 7. The second-order valence-corrected chi connectivity index (χ2v) is 10.2. The van der Waals surface area contributed by atoms with E-state index >= 15 is 0 Å². The fraction of sp³-hybridized carbons (Fsp3) is 0.476. The molecule has 8 nitrogen and oxygen atoms in total. The standard InChI is InChI=1S/C21H28FN5O3S/c1-14(2)24-20(28)18-11-23-21(26(3)4)25-19(18)16-8-9-27(12-16)31(29,30)13-15-6-5-7-17(22)10-15/h5-7,10-11,14,16H,8-9,12-13H2,1-4H3,(H,24,28). The van der Waals surface area contributed by atoms with E-state index in [4.69, 9.17) is 0 Å². The molecule has 0 bridgehead atoms. The number of benzene rings is 1. The third-order valence-electron chi connectivity index (χ3n) is 5.04. The van der Waals surface area contributed by atoms with Crippen LogP contribution >= 0.6 is 0 Å². The fourth-order valence-corrected chi connectivity index (χ4v) is 5.13. The zero-order chi connectivity index (χ0) is 22.8. The second kappa shape index (κ2) is 9.27. The van der Waals surface area contributed by atoms with Gasteiger partial charge in [-0.3, -0.25) is 4.79 Å². The van der Waals surface area contributed by atoms with Crippen LogP contribution in [0.4, 0.5) is 10.3 Å². The third kappa shape index (κ3) is 5.56. The number of sulfonamides is 1.